The van der Waals surface area contributed by atoms with Gasteiger partial charge in [-0.2, -0.15) is 0 Å². The van der Waals surface area contributed by atoms with E-state index in [1.165, 1.54) is 11.8 Å². The first kappa shape index (κ1) is 25.7. The largest absolute Gasteiger partial charge is 0.486 e. The third kappa shape index (κ3) is 5.40. The molecular weight excluding hydrogens is 507 g/mol. The van der Waals surface area contributed by atoms with Gasteiger partial charge in [0, 0.05) is 13.1 Å². The molecule has 1 amide bonds. The molecule has 1 atom stereocenters. The zero-order chi connectivity index (χ0) is 22.2. The maximum absolute atomic E-state index is 12.8. The second-order valence-electron chi connectivity index (χ2n) is 8.80. The molecule has 3 aromatic rings. The number of carbonyl (C=O) groups excluding carboxylic acids is 1. The van der Waals surface area contributed by atoms with E-state index in [1.807, 2.05) is 54.7 Å². The molecule has 3 aliphatic rings. The number of imidazole rings is 1. The summed E-state index contributed by atoms with van der Waals surface area (Å²) >= 11 is 1.50. The lowest BCUT2D eigenvalue weighted by atomic mass is 9.96. The smallest absolute Gasteiger partial charge is 0.258 e. The number of nitrogens with zero attached hydrogens (tertiary/aromatic N) is 3. The number of thioether (sulfide) groups is 1. The molecule has 0 radical (unpaired) electrons. The molecule has 1 saturated heterocycles. The van der Waals surface area contributed by atoms with Crippen LogP contribution in [0.3, 0.4) is 0 Å². The number of amides is 1. The second-order valence-corrected chi connectivity index (χ2v) is 9.87. The molecule has 1 fully saturated rings. The maximum Gasteiger partial charge on any atom is 0.258 e. The third-order valence-corrected chi connectivity index (χ3v) is 7.58. The van der Waals surface area contributed by atoms with Crippen LogP contribution < -0.4 is 14.8 Å². The van der Waals surface area contributed by atoms with Crippen molar-refractivity contribution in [3.05, 3.63) is 59.3 Å². The van der Waals surface area contributed by atoms with E-state index in [4.69, 9.17) is 9.47 Å². The molecule has 35 heavy (non-hydrogen) atoms. The fraction of sp³-hybridized carbons (Fsp3) is 0.360. The monoisotopic (exact) mass is 534 g/mol. The number of para-hydroxylation sites is 2. The molecule has 2 aromatic heterocycles. The van der Waals surface area contributed by atoms with Gasteiger partial charge in [0.1, 0.15) is 18.4 Å². The molecule has 10 heteroatoms. The summed E-state index contributed by atoms with van der Waals surface area (Å²) in [6.45, 7) is 4.20. The molecule has 0 bridgehead atoms. The van der Waals surface area contributed by atoms with Crippen molar-refractivity contribution >= 4 is 54.2 Å². The molecule has 0 aliphatic carbocycles. The van der Waals surface area contributed by atoms with Gasteiger partial charge >= 0.3 is 0 Å². The first-order valence-corrected chi connectivity index (χ1v) is 12.3. The molecule has 0 spiro atoms. The standard InChI is InChI=1S/C25H26N4O3S.2ClH/c30-25(22-12-18-14-26-23-6-3-7-24(33-22)29(18)23)27-13-17-8-10-28(11-9-17)15-19-16-31-20-4-1-2-5-21(20)32-19;;/h1-7,12,14,17,19H,8-11,13,15-16H2,(H,27,30);2*1H. The highest BCUT2D eigenvalue weighted by atomic mass is 35.5. The van der Waals surface area contributed by atoms with Gasteiger partial charge in [0.25, 0.3) is 5.91 Å². The zero-order valence-electron chi connectivity index (χ0n) is 19.1. The minimum absolute atomic E-state index is 0. The van der Waals surface area contributed by atoms with E-state index in [9.17, 15) is 4.79 Å². The van der Waals surface area contributed by atoms with Gasteiger partial charge in [-0.05, 0) is 62.2 Å². The molecule has 7 nitrogen and oxygen atoms in total. The van der Waals surface area contributed by atoms with E-state index in [0.29, 0.717) is 19.1 Å². The minimum atomic E-state index is -0.00157. The van der Waals surface area contributed by atoms with Crippen molar-refractivity contribution in [1.29, 1.82) is 0 Å². The van der Waals surface area contributed by atoms with E-state index >= 15 is 0 Å². The van der Waals surface area contributed by atoms with Gasteiger partial charge in [-0.15, -0.1) is 24.8 Å². The third-order valence-electron chi connectivity index (χ3n) is 6.53. The SMILES string of the molecule is Cl.Cl.O=C(NCC1CCN(CC2COc3ccccc3O2)CC1)C1=Cc2cnc3cccc(n23)S1. The summed E-state index contributed by atoms with van der Waals surface area (Å²) in [7, 11) is 0. The van der Waals surface area contributed by atoms with Crippen LogP contribution in [0.1, 0.15) is 18.5 Å². The van der Waals surface area contributed by atoms with Crippen molar-refractivity contribution in [3.8, 4) is 11.5 Å². The number of pyridine rings is 1. The normalized spacial score (nSPS) is 19.3. The number of likely N-dealkylation sites (tertiary alicyclic amines) is 1. The van der Waals surface area contributed by atoms with Gasteiger partial charge < -0.3 is 14.8 Å². The highest BCUT2D eigenvalue weighted by Crippen LogP contribution is 2.34. The quantitative estimate of drug-likeness (QED) is 0.526. The molecule has 3 aliphatic heterocycles. The summed E-state index contributed by atoms with van der Waals surface area (Å²) < 4.78 is 14.0. The Morgan fingerprint density at radius 2 is 1.89 bits per heavy atom. The summed E-state index contributed by atoms with van der Waals surface area (Å²) in [5, 5.41) is 4.19. The van der Waals surface area contributed by atoms with Gasteiger partial charge in [-0.3, -0.25) is 14.1 Å². The summed E-state index contributed by atoms with van der Waals surface area (Å²) in [5.74, 6) is 2.16. The Bertz CT molecular complexity index is 1230. The number of benzene rings is 1. The van der Waals surface area contributed by atoms with E-state index in [1.54, 1.807) is 0 Å². The van der Waals surface area contributed by atoms with Crippen molar-refractivity contribution in [2.24, 2.45) is 5.92 Å². The van der Waals surface area contributed by atoms with Crippen molar-refractivity contribution < 1.29 is 14.3 Å². The molecule has 1 N–H and O–H groups in total. The van der Waals surface area contributed by atoms with Crippen LogP contribution in [-0.4, -0.2) is 59.1 Å². The number of piperidine rings is 1. The predicted molar refractivity (Wildman–Crippen MR) is 142 cm³/mol. The Balaban J connectivity index is 0.00000144. The number of rotatable bonds is 5. The number of halogens is 2. The summed E-state index contributed by atoms with van der Waals surface area (Å²) in [4.78, 5) is 20.4. The Morgan fingerprint density at radius 1 is 1.09 bits per heavy atom. The lowest BCUT2D eigenvalue weighted by Crippen LogP contribution is -2.45. The molecule has 5 heterocycles. The lowest BCUT2D eigenvalue weighted by molar-refractivity contribution is -0.117. The van der Waals surface area contributed by atoms with Gasteiger partial charge in [0.2, 0.25) is 0 Å². The maximum atomic E-state index is 12.8. The molecule has 0 saturated carbocycles. The Kier molecular flexibility index (Phi) is 8.16. The van der Waals surface area contributed by atoms with Crippen molar-refractivity contribution in [1.82, 2.24) is 19.6 Å². The number of fused-ring (bicyclic) bond motifs is 1. The molecule has 1 unspecified atom stereocenters. The number of nitrogens with one attached hydrogen (secondary N) is 1. The number of hydrogen-bond donors (Lipinski definition) is 1. The van der Waals surface area contributed by atoms with E-state index in [-0.39, 0.29) is 36.8 Å². The minimum Gasteiger partial charge on any atom is -0.486 e. The predicted octanol–water partition coefficient (Wildman–Crippen LogP) is 4.29. The van der Waals surface area contributed by atoms with Crippen LogP contribution in [0.4, 0.5) is 0 Å². The molecular formula is C25H28Cl2N4O3S. The number of ether oxygens (including phenoxy) is 2. The van der Waals surface area contributed by atoms with Crippen LogP contribution in [0.5, 0.6) is 11.5 Å². The highest BCUT2D eigenvalue weighted by molar-refractivity contribution is 8.04. The van der Waals surface area contributed by atoms with Crippen molar-refractivity contribution in [2.75, 3.05) is 32.8 Å². The van der Waals surface area contributed by atoms with Crippen molar-refractivity contribution in [2.45, 2.75) is 24.0 Å². The van der Waals surface area contributed by atoms with Crippen LogP contribution in [0.25, 0.3) is 11.7 Å². The second kappa shape index (κ2) is 11.1. The molecule has 186 valence electrons. The molecule has 6 rings (SSSR count). The average molecular weight is 535 g/mol. The van der Waals surface area contributed by atoms with E-state index in [0.717, 1.165) is 65.2 Å². The van der Waals surface area contributed by atoms with Crippen LogP contribution in [-0.2, 0) is 4.79 Å². The number of hydrogen-bond acceptors (Lipinski definition) is 6. The highest BCUT2D eigenvalue weighted by Gasteiger charge is 2.27. The lowest BCUT2D eigenvalue weighted by Gasteiger charge is -2.35. The Morgan fingerprint density at radius 3 is 2.71 bits per heavy atom. The zero-order valence-corrected chi connectivity index (χ0v) is 21.5. The van der Waals surface area contributed by atoms with Crippen LogP contribution in [0.15, 0.2) is 58.6 Å². The van der Waals surface area contributed by atoms with Gasteiger partial charge in [0.15, 0.2) is 11.5 Å². The van der Waals surface area contributed by atoms with Crippen LogP contribution >= 0.6 is 36.6 Å². The van der Waals surface area contributed by atoms with Crippen LogP contribution in [0, 0.1) is 5.92 Å². The first-order valence-electron chi connectivity index (χ1n) is 11.5. The Labute approximate surface area is 221 Å². The molecule has 1 aromatic carbocycles. The summed E-state index contributed by atoms with van der Waals surface area (Å²) in [6.07, 6.45) is 5.96. The average Bonchev–Trinajstić information content (AvgIpc) is 3.28. The fourth-order valence-corrected chi connectivity index (χ4v) is 5.74. The van der Waals surface area contributed by atoms with Gasteiger partial charge in [0.05, 0.1) is 21.8 Å². The Hall–Kier alpha value is -2.39. The summed E-state index contributed by atoms with van der Waals surface area (Å²) in [5.41, 5.74) is 1.86. The number of carbonyl (C=O) groups is 1. The fourth-order valence-electron chi connectivity index (χ4n) is 4.74. The van der Waals surface area contributed by atoms with Gasteiger partial charge in [-0.1, -0.05) is 30.0 Å². The van der Waals surface area contributed by atoms with Crippen LogP contribution in [0.2, 0.25) is 0 Å². The first-order chi connectivity index (χ1) is 16.2. The number of aromatic nitrogens is 2. The topological polar surface area (TPSA) is 68.1 Å². The van der Waals surface area contributed by atoms with Crippen molar-refractivity contribution in [3.63, 3.8) is 0 Å². The van der Waals surface area contributed by atoms with Gasteiger partial charge in [-0.25, -0.2) is 4.98 Å². The van der Waals surface area contributed by atoms with E-state index in [2.05, 4.69) is 19.6 Å². The van der Waals surface area contributed by atoms with E-state index < -0.39 is 0 Å². The summed E-state index contributed by atoms with van der Waals surface area (Å²) in [6, 6.07) is 13.8.